The average molecular weight is 561 g/mol. The molecule has 31 heavy (non-hydrogen) atoms. The maximum Gasteiger partial charge on any atom is 2.00 e. The Kier molecular flexibility index (Phi) is 9.93. The van der Waals surface area contributed by atoms with Gasteiger partial charge in [0.15, 0.2) is 5.90 Å². The molecule has 0 aromatic heterocycles. The molecule has 2 aromatic carbocycles. The Morgan fingerprint density at radius 3 is 1.71 bits per heavy atom. The number of rotatable bonds is 5. The fraction of sp³-hybridized carbons (Fsp3) is 0.148. The number of hydrogen-bond donors (Lipinski definition) is 0. The van der Waals surface area contributed by atoms with E-state index in [1.165, 1.54) is 15.1 Å². The Labute approximate surface area is 212 Å². The van der Waals surface area contributed by atoms with E-state index in [-0.39, 0.29) is 22.6 Å². The Morgan fingerprint density at radius 2 is 1.26 bits per heavy atom. The third-order valence-corrected chi connectivity index (χ3v) is 6.06. The third-order valence-electron chi connectivity index (χ3n) is 5.12. The van der Waals surface area contributed by atoms with Crippen molar-refractivity contribution < 1.29 is 21.8 Å². The maximum atomic E-state index is 6.08. The van der Waals surface area contributed by atoms with E-state index in [0.717, 1.165) is 24.7 Å². The Bertz CT molecular complexity index is 757. The van der Waals surface area contributed by atoms with Crippen molar-refractivity contribution in [2.75, 3.05) is 6.61 Å². The van der Waals surface area contributed by atoms with Crippen LogP contribution in [0, 0.1) is 61.2 Å². The Morgan fingerprint density at radius 1 is 0.742 bits per heavy atom. The topological polar surface area (TPSA) is 21.6 Å². The zero-order valence-electron chi connectivity index (χ0n) is 17.1. The van der Waals surface area contributed by atoms with Gasteiger partial charge in [-0.15, -0.1) is 0 Å². The quantitative estimate of drug-likeness (QED) is 0.333. The number of benzene rings is 2. The SMILES string of the molecule is I[C]1[CH][CH][CH][C]1C1=NC(Cc2ccccc2)(Cc2ccccc2)CO1.[CH]1[CH][CH][CH][CH]1.[Fe+2]. The zero-order chi connectivity index (χ0) is 20.7. The van der Waals surface area contributed by atoms with Crippen molar-refractivity contribution in [2.45, 2.75) is 18.4 Å². The van der Waals surface area contributed by atoms with Crippen LogP contribution in [0.1, 0.15) is 11.1 Å². The number of nitrogens with zero attached hydrogens (tertiary/aromatic N) is 1. The van der Waals surface area contributed by atoms with Gasteiger partial charge >= 0.3 is 17.1 Å². The molecule has 156 valence electrons. The van der Waals surface area contributed by atoms with Gasteiger partial charge in [0, 0.05) is 12.8 Å². The molecule has 0 amide bonds. The first-order chi connectivity index (χ1) is 14.7. The van der Waals surface area contributed by atoms with Gasteiger partial charge in [-0.25, -0.2) is 4.99 Å². The fourth-order valence-corrected chi connectivity index (χ4v) is 4.33. The van der Waals surface area contributed by atoms with E-state index in [1.54, 1.807) is 0 Å². The molecule has 1 aliphatic heterocycles. The van der Waals surface area contributed by atoms with E-state index in [1.807, 2.05) is 32.1 Å². The van der Waals surface area contributed by atoms with Gasteiger partial charge in [-0.1, -0.05) is 83.3 Å². The fourth-order valence-electron chi connectivity index (χ4n) is 3.71. The van der Waals surface area contributed by atoms with Crippen LogP contribution in [-0.4, -0.2) is 18.0 Å². The van der Waals surface area contributed by atoms with Crippen LogP contribution in [0.2, 0.25) is 0 Å². The van der Waals surface area contributed by atoms with Crippen molar-refractivity contribution in [2.24, 2.45) is 4.99 Å². The van der Waals surface area contributed by atoms with E-state index in [0.29, 0.717) is 6.61 Å². The maximum absolute atomic E-state index is 6.08. The molecular formula is C27H24FeINO+2. The van der Waals surface area contributed by atoms with Gasteiger partial charge in [-0.3, -0.25) is 0 Å². The molecule has 4 heteroatoms. The summed E-state index contributed by atoms with van der Waals surface area (Å²) in [6.45, 7) is 0.618. The summed E-state index contributed by atoms with van der Waals surface area (Å²) in [7, 11) is 0. The molecule has 0 unspecified atom stereocenters. The monoisotopic (exact) mass is 561 g/mol. The summed E-state index contributed by atoms with van der Waals surface area (Å²) in [5.41, 5.74) is 2.34. The molecule has 5 rings (SSSR count). The minimum absolute atomic E-state index is 0. The molecule has 0 spiro atoms. The van der Waals surface area contributed by atoms with E-state index in [9.17, 15) is 0 Å². The van der Waals surface area contributed by atoms with E-state index in [2.05, 4.69) is 103 Å². The molecule has 2 nitrogen and oxygen atoms in total. The van der Waals surface area contributed by atoms with Crippen LogP contribution in [0.25, 0.3) is 0 Å². The number of hydrogen-bond acceptors (Lipinski definition) is 2. The first-order valence-corrected chi connectivity index (χ1v) is 11.2. The van der Waals surface area contributed by atoms with Crippen LogP contribution in [0.3, 0.4) is 0 Å². The summed E-state index contributed by atoms with van der Waals surface area (Å²) < 4.78 is 7.27. The van der Waals surface area contributed by atoms with E-state index in [4.69, 9.17) is 9.73 Å². The van der Waals surface area contributed by atoms with Gasteiger partial charge in [0.1, 0.15) is 12.1 Å². The Balaban J connectivity index is 0.000000401. The van der Waals surface area contributed by atoms with Gasteiger partial charge < -0.3 is 4.74 Å². The van der Waals surface area contributed by atoms with E-state index < -0.39 is 0 Å². The molecular weight excluding hydrogens is 537 g/mol. The number of halogens is 1. The molecule has 0 bridgehead atoms. The molecule has 0 atom stereocenters. The largest absolute Gasteiger partial charge is 2.00 e. The summed E-state index contributed by atoms with van der Waals surface area (Å²) in [5, 5.41) is 0. The van der Waals surface area contributed by atoms with Crippen molar-refractivity contribution in [1.82, 2.24) is 0 Å². The van der Waals surface area contributed by atoms with E-state index >= 15 is 0 Å². The molecule has 0 N–H and O–H groups in total. The predicted octanol–water partition coefficient (Wildman–Crippen LogP) is 5.83. The molecule has 0 saturated heterocycles. The average Bonchev–Trinajstić information content (AvgIpc) is 3.53. The van der Waals surface area contributed by atoms with Crippen molar-refractivity contribution >= 4 is 28.5 Å². The third kappa shape index (κ3) is 7.07. The summed E-state index contributed by atoms with van der Waals surface area (Å²) in [6, 6.07) is 21.2. The van der Waals surface area contributed by atoms with Gasteiger partial charge in [0.25, 0.3) is 0 Å². The normalized spacial score (nSPS) is 20.4. The molecule has 2 aliphatic carbocycles. The molecule has 3 aliphatic rings. The van der Waals surface area contributed by atoms with Crippen LogP contribution in [0.4, 0.5) is 0 Å². The minimum atomic E-state index is -0.252. The first-order valence-electron chi connectivity index (χ1n) is 10.1. The molecule has 2 aromatic rings. The second-order valence-corrected chi connectivity index (χ2v) is 8.67. The number of aliphatic imine (C=N–C) groups is 1. The predicted molar refractivity (Wildman–Crippen MR) is 131 cm³/mol. The minimum Gasteiger partial charge on any atom is -0.478 e. The van der Waals surface area contributed by atoms with Crippen molar-refractivity contribution in [3.05, 3.63) is 133 Å². The van der Waals surface area contributed by atoms with Gasteiger partial charge in [-0.05, 0) is 62.5 Å². The molecule has 2 saturated carbocycles. The molecule has 1 heterocycles. The second-order valence-electron chi connectivity index (χ2n) is 7.50. The van der Waals surface area contributed by atoms with Gasteiger partial charge in [0.05, 0.1) is 9.84 Å². The van der Waals surface area contributed by atoms with Crippen LogP contribution in [-0.2, 0) is 34.6 Å². The molecule has 2 fully saturated rings. The number of ether oxygens (including phenoxy) is 1. The van der Waals surface area contributed by atoms with Crippen molar-refractivity contribution in [3.63, 3.8) is 0 Å². The summed E-state index contributed by atoms with van der Waals surface area (Å²) in [6.07, 6.45) is 18.0. The zero-order valence-corrected chi connectivity index (χ0v) is 20.4. The summed E-state index contributed by atoms with van der Waals surface area (Å²) >= 11 is 2.34. The van der Waals surface area contributed by atoms with Crippen LogP contribution in [0.5, 0.6) is 0 Å². The standard InChI is InChI=1S/C22H19INO.C5H5.Fe/c23-20-13-7-12-19(20)21-24-22(16-25-21,14-17-8-3-1-4-9-17)15-18-10-5-2-6-11-18;1-2-4-5-3-1;/h1-13H,14-16H2;1-5H;/q;;+2. The summed E-state index contributed by atoms with van der Waals surface area (Å²) in [4.78, 5) is 5.10. The first kappa shape index (κ1) is 24.8. The summed E-state index contributed by atoms with van der Waals surface area (Å²) in [5.74, 6) is 1.88. The smallest absolute Gasteiger partial charge is 0.478 e. The van der Waals surface area contributed by atoms with Gasteiger partial charge in [-0.2, -0.15) is 0 Å². The van der Waals surface area contributed by atoms with Crippen LogP contribution < -0.4 is 0 Å². The second kappa shape index (κ2) is 12.4. The van der Waals surface area contributed by atoms with Crippen molar-refractivity contribution in [3.8, 4) is 0 Å². The van der Waals surface area contributed by atoms with Crippen molar-refractivity contribution in [1.29, 1.82) is 0 Å². The van der Waals surface area contributed by atoms with Gasteiger partial charge in [0.2, 0.25) is 0 Å². The van der Waals surface area contributed by atoms with Crippen LogP contribution in [0.15, 0.2) is 65.7 Å². The Hall–Kier alpha value is -0.841. The molecule has 10 radical (unpaired) electrons. The van der Waals surface area contributed by atoms with Crippen LogP contribution >= 0.6 is 22.6 Å².